The Morgan fingerprint density at radius 1 is 1.56 bits per heavy atom. The normalized spacial score (nSPS) is 10.1. The van der Waals surface area contributed by atoms with Crippen LogP contribution in [0, 0.1) is 5.82 Å². The van der Waals surface area contributed by atoms with Gasteiger partial charge in [-0.3, -0.25) is 4.79 Å². The fraction of sp³-hybridized carbons (Fsp3) is 0.364. The van der Waals surface area contributed by atoms with Gasteiger partial charge < -0.3 is 9.84 Å². The van der Waals surface area contributed by atoms with Crippen LogP contribution in [0.2, 0.25) is 0 Å². The minimum atomic E-state index is -0.835. The number of rotatable bonds is 6. The quantitative estimate of drug-likeness (QED) is 0.781. The van der Waals surface area contributed by atoms with Crippen molar-refractivity contribution in [3.63, 3.8) is 0 Å². The first kappa shape index (κ1) is 12.8. The van der Waals surface area contributed by atoms with Gasteiger partial charge in [0.25, 0.3) is 0 Å². The Morgan fingerprint density at radius 2 is 2.31 bits per heavy atom. The largest absolute Gasteiger partial charge is 0.494 e. The highest BCUT2D eigenvalue weighted by molar-refractivity contribution is 7.98. The lowest BCUT2D eigenvalue weighted by Gasteiger charge is -2.06. The molecule has 0 aromatic heterocycles. The van der Waals surface area contributed by atoms with Gasteiger partial charge in [0, 0.05) is 17.1 Å². The molecule has 0 saturated carbocycles. The fourth-order valence-electron chi connectivity index (χ4n) is 1.17. The summed E-state index contributed by atoms with van der Waals surface area (Å²) in [5, 5.41) is 8.44. The molecule has 0 fully saturated rings. The summed E-state index contributed by atoms with van der Waals surface area (Å²) < 4.78 is 18.5. The third kappa shape index (κ3) is 3.73. The lowest BCUT2D eigenvalue weighted by Crippen LogP contribution is -1.97. The molecule has 0 radical (unpaired) electrons. The van der Waals surface area contributed by atoms with Crippen molar-refractivity contribution in [1.82, 2.24) is 0 Å². The Labute approximate surface area is 97.6 Å². The maximum Gasteiger partial charge on any atom is 0.304 e. The van der Waals surface area contributed by atoms with E-state index in [-0.39, 0.29) is 18.0 Å². The van der Waals surface area contributed by atoms with Crippen LogP contribution in [0.1, 0.15) is 12.0 Å². The van der Waals surface area contributed by atoms with Crippen LogP contribution in [0.25, 0.3) is 0 Å². The van der Waals surface area contributed by atoms with Gasteiger partial charge in [0.05, 0.1) is 13.5 Å². The van der Waals surface area contributed by atoms with Crippen LogP contribution >= 0.6 is 11.8 Å². The molecule has 0 bridgehead atoms. The van der Waals surface area contributed by atoms with Crippen molar-refractivity contribution >= 4 is 17.7 Å². The van der Waals surface area contributed by atoms with Crippen LogP contribution in [-0.2, 0) is 10.5 Å². The van der Waals surface area contributed by atoms with Gasteiger partial charge in [-0.25, -0.2) is 4.39 Å². The van der Waals surface area contributed by atoms with Crippen LogP contribution < -0.4 is 4.74 Å². The summed E-state index contributed by atoms with van der Waals surface area (Å²) in [6, 6.07) is 4.95. The Bertz CT molecular complexity index is 368. The first-order valence-corrected chi connectivity index (χ1v) is 5.91. The Kier molecular flexibility index (Phi) is 5.11. The maximum absolute atomic E-state index is 13.6. The van der Waals surface area contributed by atoms with Gasteiger partial charge in [0.15, 0.2) is 11.6 Å². The lowest BCUT2D eigenvalue weighted by molar-refractivity contribution is -0.136. The van der Waals surface area contributed by atoms with Crippen LogP contribution in [0.3, 0.4) is 0 Å². The second kappa shape index (κ2) is 6.37. The van der Waals surface area contributed by atoms with Gasteiger partial charge in [0.1, 0.15) is 0 Å². The van der Waals surface area contributed by atoms with E-state index in [9.17, 15) is 9.18 Å². The van der Waals surface area contributed by atoms with Gasteiger partial charge in [0.2, 0.25) is 0 Å². The van der Waals surface area contributed by atoms with E-state index < -0.39 is 5.97 Å². The molecule has 1 rings (SSSR count). The van der Waals surface area contributed by atoms with E-state index in [1.54, 1.807) is 18.2 Å². The third-order valence-corrected chi connectivity index (χ3v) is 2.99. The highest BCUT2D eigenvalue weighted by Crippen LogP contribution is 2.23. The molecule has 3 nitrogen and oxygen atoms in total. The van der Waals surface area contributed by atoms with Crippen molar-refractivity contribution in [3.8, 4) is 5.75 Å². The molecule has 0 unspecified atom stereocenters. The summed E-state index contributed by atoms with van der Waals surface area (Å²) in [6.07, 6.45) is 0.0935. The molecule has 0 atom stereocenters. The number of benzene rings is 1. The van der Waals surface area contributed by atoms with E-state index in [0.717, 1.165) is 0 Å². The number of methoxy groups -OCH3 is 1. The van der Waals surface area contributed by atoms with Gasteiger partial charge in [-0.1, -0.05) is 12.1 Å². The molecule has 0 amide bonds. The smallest absolute Gasteiger partial charge is 0.304 e. The number of halogens is 1. The molecule has 1 N–H and O–H groups in total. The molecular weight excluding hydrogens is 231 g/mol. The van der Waals surface area contributed by atoms with Crippen molar-refractivity contribution in [1.29, 1.82) is 0 Å². The van der Waals surface area contributed by atoms with E-state index in [2.05, 4.69) is 0 Å². The second-order valence-electron chi connectivity index (χ2n) is 3.13. The molecule has 0 aliphatic carbocycles. The predicted molar refractivity (Wildman–Crippen MR) is 61.4 cm³/mol. The highest BCUT2D eigenvalue weighted by atomic mass is 32.2. The molecular formula is C11H13FO3S. The standard InChI is InChI=1S/C11H13FO3S/c1-15-9-4-2-3-8(11(9)12)7-16-6-5-10(13)14/h2-4H,5-7H2,1H3,(H,13,14). The van der Waals surface area contributed by atoms with Crippen LogP contribution in [0.5, 0.6) is 5.75 Å². The highest BCUT2D eigenvalue weighted by Gasteiger charge is 2.08. The number of thioether (sulfide) groups is 1. The summed E-state index contributed by atoms with van der Waals surface area (Å²) in [4.78, 5) is 10.3. The maximum atomic E-state index is 13.6. The topological polar surface area (TPSA) is 46.5 Å². The molecule has 0 aliphatic rings. The van der Waals surface area contributed by atoms with Gasteiger partial charge in [-0.15, -0.1) is 0 Å². The Balaban J connectivity index is 2.50. The predicted octanol–water partition coefficient (Wildman–Crippen LogP) is 2.54. The molecule has 0 aliphatic heterocycles. The average Bonchev–Trinajstić information content (AvgIpc) is 2.26. The van der Waals surface area contributed by atoms with Gasteiger partial charge in [-0.05, 0) is 6.07 Å². The summed E-state index contributed by atoms with van der Waals surface area (Å²) >= 11 is 1.39. The van der Waals surface area contributed by atoms with Gasteiger partial charge >= 0.3 is 5.97 Å². The molecule has 5 heteroatoms. The number of carboxylic acids is 1. The summed E-state index contributed by atoms with van der Waals surface area (Å²) in [5.41, 5.74) is 0.537. The zero-order chi connectivity index (χ0) is 12.0. The van der Waals surface area contributed by atoms with Crippen LogP contribution in [0.4, 0.5) is 4.39 Å². The summed E-state index contributed by atoms with van der Waals surface area (Å²) in [6.45, 7) is 0. The molecule has 88 valence electrons. The van der Waals surface area contributed by atoms with Crippen LogP contribution in [0.15, 0.2) is 18.2 Å². The number of carboxylic acid groups (broad SMARTS) is 1. The fourth-order valence-corrected chi connectivity index (χ4v) is 2.07. The third-order valence-electron chi connectivity index (χ3n) is 1.98. The Morgan fingerprint density at radius 3 is 2.94 bits per heavy atom. The van der Waals surface area contributed by atoms with Crippen molar-refractivity contribution in [3.05, 3.63) is 29.6 Å². The van der Waals surface area contributed by atoms with E-state index in [1.165, 1.54) is 18.9 Å². The molecule has 0 spiro atoms. The number of ether oxygens (including phenoxy) is 1. The van der Waals surface area contributed by atoms with E-state index >= 15 is 0 Å². The molecule has 16 heavy (non-hydrogen) atoms. The number of aliphatic carboxylic acids is 1. The monoisotopic (exact) mass is 244 g/mol. The lowest BCUT2D eigenvalue weighted by atomic mass is 10.2. The molecule has 1 aromatic carbocycles. The Hall–Kier alpha value is -1.23. The average molecular weight is 244 g/mol. The zero-order valence-electron chi connectivity index (χ0n) is 8.90. The van der Waals surface area contributed by atoms with Crippen molar-refractivity contribution in [2.75, 3.05) is 12.9 Å². The van der Waals surface area contributed by atoms with E-state index in [4.69, 9.17) is 9.84 Å². The van der Waals surface area contributed by atoms with E-state index in [1.807, 2.05) is 0 Å². The minimum absolute atomic E-state index is 0.0935. The summed E-state index contributed by atoms with van der Waals surface area (Å²) in [7, 11) is 1.42. The second-order valence-corrected chi connectivity index (χ2v) is 4.23. The number of hydrogen-bond acceptors (Lipinski definition) is 3. The molecule has 0 heterocycles. The van der Waals surface area contributed by atoms with Gasteiger partial charge in [-0.2, -0.15) is 11.8 Å². The SMILES string of the molecule is COc1cccc(CSCCC(=O)O)c1F. The molecule has 0 saturated heterocycles. The first-order chi connectivity index (χ1) is 7.65. The van der Waals surface area contributed by atoms with Crippen molar-refractivity contribution in [2.45, 2.75) is 12.2 Å². The molecule has 1 aromatic rings. The van der Waals surface area contributed by atoms with E-state index in [0.29, 0.717) is 17.1 Å². The van der Waals surface area contributed by atoms with Crippen molar-refractivity contribution in [2.24, 2.45) is 0 Å². The first-order valence-electron chi connectivity index (χ1n) is 4.76. The van der Waals surface area contributed by atoms with Crippen LogP contribution in [-0.4, -0.2) is 23.9 Å². The minimum Gasteiger partial charge on any atom is -0.494 e. The van der Waals surface area contributed by atoms with Crippen molar-refractivity contribution < 1.29 is 19.0 Å². The summed E-state index contributed by atoms with van der Waals surface area (Å²) in [5.74, 6) is -0.0507. The number of carbonyl (C=O) groups is 1. The number of hydrogen-bond donors (Lipinski definition) is 1. The zero-order valence-corrected chi connectivity index (χ0v) is 9.72.